The first-order chi connectivity index (χ1) is 17.4. The number of amides is 1. The number of benzene rings is 2. The number of nitrogens with zero attached hydrogens (tertiary/aromatic N) is 2. The summed E-state index contributed by atoms with van der Waals surface area (Å²) in [5, 5.41) is 4.58. The van der Waals surface area contributed by atoms with Crippen LogP contribution in [0.2, 0.25) is 0 Å². The van der Waals surface area contributed by atoms with Crippen LogP contribution in [0.3, 0.4) is 0 Å². The first-order valence-corrected chi connectivity index (χ1v) is 12.0. The largest absolute Gasteiger partial charge is 0.322 e. The molecule has 5 rings (SSSR count). The molecule has 0 aliphatic heterocycles. The summed E-state index contributed by atoms with van der Waals surface area (Å²) in [7, 11) is 0. The Hall–Kier alpha value is -4.51. The number of pyridine rings is 2. The van der Waals surface area contributed by atoms with Gasteiger partial charge in [-0.25, -0.2) is 0 Å². The number of nitrogens with one attached hydrogen (secondary N) is 1. The third-order valence-electron chi connectivity index (χ3n) is 6.49. The third-order valence-corrected chi connectivity index (χ3v) is 6.49. The Bertz CT molecular complexity index is 1690. The molecule has 1 N–H and O–H groups in total. The molecule has 5 nitrogen and oxygen atoms in total. The van der Waals surface area contributed by atoms with Crippen molar-refractivity contribution in [2.24, 2.45) is 0 Å². The molecule has 0 unspecified atom stereocenters. The van der Waals surface area contributed by atoms with Crippen molar-refractivity contribution in [1.82, 2.24) is 9.55 Å². The van der Waals surface area contributed by atoms with Gasteiger partial charge in [0.15, 0.2) is 0 Å². The van der Waals surface area contributed by atoms with Crippen LogP contribution < -0.4 is 10.9 Å². The van der Waals surface area contributed by atoms with Crippen LogP contribution in [-0.4, -0.2) is 15.5 Å². The summed E-state index contributed by atoms with van der Waals surface area (Å²) < 4.78 is 1.69. The lowest BCUT2D eigenvalue weighted by atomic mass is 9.97. The minimum Gasteiger partial charge on any atom is -0.322 e. The van der Waals surface area contributed by atoms with Gasteiger partial charge < -0.3 is 5.32 Å². The van der Waals surface area contributed by atoms with E-state index in [-0.39, 0.29) is 11.5 Å². The second-order valence-electron chi connectivity index (χ2n) is 9.07. The molecule has 178 valence electrons. The minimum atomic E-state index is -0.301. The van der Waals surface area contributed by atoms with Gasteiger partial charge in [0.05, 0.1) is 16.7 Å². The topological polar surface area (TPSA) is 64.0 Å². The van der Waals surface area contributed by atoms with Gasteiger partial charge in [-0.1, -0.05) is 48.6 Å². The number of carbonyl (C=O) groups is 1. The zero-order chi connectivity index (χ0) is 25.2. The smallest absolute Gasteiger partial charge is 0.255 e. The Kier molecular flexibility index (Phi) is 6.21. The summed E-state index contributed by atoms with van der Waals surface area (Å²) in [4.78, 5) is 29.9. The summed E-state index contributed by atoms with van der Waals surface area (Å²) in [6, 6.07) is 15.2. The predicted octanol–water partition coefficient (Wildman–Crippen LogP) is 6.65. The number of anilines is 1. The Labute approximate surface area is 209 Å². The average molecular weight is 474 g/mol. The van der Waals surface area contributed by atoms with Gasteiger partial charge in [0.2, 0.25) is 5.91 Å². The number of carbonyl (C=O) groups excluding carboxylic acids is 1. The maximum atomic E-state index is 13.3. The zero-order valence-electron chi connectivity index (χ0n) is 20.4. The van der Waals surface area contributed by atoms with Gasteiger partial charge in [-0.05, 0) is 79.8 Å². The first kappa shape index (κ1) is 23.2. The van der Waals surface area contributed by atoms with Crippen molar-refractivity contribution in [3.63, 3.8) is 0 Å². The molecule has 0 spiro atoms. The second kappa shape index (κ2) is 9.62. The number of rotatable bonds is 4. The molecule has 0 saturated carbocycles. The first-order valence-electron chi connectivity index (χ1n) is 12.0. The van der Waals surface area contributed by atoms with Crippen LogP contribution in [0.1, 0.15) is 30.9 Å². The van der Waals surface area contributed by atoms with E-state index in [4.69, 9.17) is 0 Å². The Balaban J connectivity index is 1.78. The highest BCUT2D eigenvalue weighted by Crippen LogP contribution is 2.30. The molecule has 0 atom stereocenters. The number of fused-ring (bicyclic) bond motifs is 3. The van der Waals surface area contributed by atoms with E-state index in [1.54, 1.807) is 16.8 Å². The highest BCUT2D eigenvalue weighted by Gasteiger charge is 2.13. The number of aromatic nitrogens is 2. The van der Waals surface area contributed by atoms with E-state index < -0.39 is 0 Å². The van der Waals surface area contributed by atoms with Crippen LogP contribution >= 0.6 is 0 Å². The van der Waals surface area contributed by atoms with Crippen molar-refractivity contribution in [3.8, 4) is 5.69 Å². The lowest BCUT2D eigenvalue weighted by Gasteiger charge is -2.16. The molecule has 0 saturated heterocycles. The van der Waals surface area contributed by atoms with Crippen molar-refractivity contribution in [1.29, 1.82) is 0 Å². The molecular weight excluding hydrogens is 446 g/mol. The van der Waals surface area contributed by atoms with Gasteiger partial charge >= 0.3 is 0 Å². The fourth-order valence-electron chi connectivity index (χ4n) is 4.56. The second-order valence-corrected chi connectivity index (χ2v) is 9.07. The molecule has 1 amide bonds. The van der Waals surface area contributed by atoms with E-state index in [1.807, 2.05) is 37.3 Å². The molecule has 1 aliphatic carbocycles. The highest BCUT2D eigenvalue weighted by atomic mass is 16.1. The molecule has 2 aromatic heterocycles. The van der Waals surface area contributed by atoms with Crippen LogP contribution in [0.4, 0.5) is 5.69 Å². The van der Waals surface area contributed by atoms with Gasteiger partial charge in [0, 0.05) is 28.7 Å². The monoisotopic (exact) mass is 473 g/mol. The van der Waals surface area contributed by atoms with Gasteiger partial charge in [0.1, 0.15) is 0 Å². The Morgan fingerprint density at radius 2 is 1.97 bits per heavy atom. The SMILES string of the molecule is C=CC(=O)Nc1cc(-n2c(=O)ccc3cnc4ccc(C5=CC=CCCC(C)=C5)cc4c32)ccc1C. The molecular formula is C31H27N3O2. The summed E-state index contributed by atoms with van der Waals surface area (Å²) in [6.07, 6.45) is 13.7. The molecule has 36 heavy (non-hydrogen) atoms. The molecule has 2 heterocycles. The van der Waals surface area contributed by atoms with Crippen molar-refractivity contribution in [2.75, 3.05) is 5.32 Å². The van der Waals surface area contributed by atoms with E-state index in [2.05, 4.69) is 60.2 Å². The van der Waals surface area contributed by atoms with Crippen molar-refractivity contribution < 1.29 is 4.79 Å². The highest BCUT2D eigenvalue weighted by molar-refractivity contribution is 6.05. The molecule has 5 heteroatoms. The standard InChI is InChI=1S/C31H27N3O2/c1-4-29(35)33-28-18-25(13-10-21(28)3)34-30(36)15-12-24-19-32-27-14-11-23(17-26(27)31(24)34)22-9-7-5-6-8-20(2)16-22/h4-5,7,9-19H,1,6,8H2,2-3H3,(H,33,35). The summed E-state index contributed by atoms with van der Waals surface area (Å²) in [5.41, 5.74) is 7.13. The third kappa shape index (κ3) is 4.43. The number of hydrogen-bond donors (Lipinski definition) is 1. The van der Waals surface area contributed by atoms with E-state index in [1.165, 1.54) is 11.6 Å². The van der Waals surface area contributed by atoms with Crippen LogP contribution in [0.5, 0.6) is 0 Å². The van der Waals surface area contributed by atoms with Gasteiger partial charge in [-0.2, -0.15) is 0 Å². The molecule has 0 fully saturated rings. The minimum absolute atomic E-state index is 0.158. The maximum absolute atomic E-state index is 13.3. The number of hydrogen-bond acceptors (Lipinski definition) is 3. The molecule has 1 aliphatic rings. The Morgan fingerprint density at radius 1 is 1.11 bits per heavy atom. The van der Waals surface area contributed by atoms with Crippen LogP contribution in [0.15, 0.2) is 102 Å². The van der Waals surface area contributed by atoms with Crippen LogP contribution in [-0.2, 0) is 4.79 Å². The number of allylic oxidation sites excluding steroid dienone is 6. The van der Waals surface area contributed by atoms with Gasteiger partial charge in [0.25, 0.3) is 5.56 Å². The normalized spacial score (nSPS) is 13.6. The average Bonchev–Trinajstić information content (AvgIpc) is 2.87. The number of aryl methyl sites for hydroxylation is 1. The van der Waals surface area contributed by atoms with Crippen molar-refractivity contribution in [2.45, 2.75) is 26.7 Å². The van der Waals surface area contributed by atoms with Crippen molar-refractivity contribution in [3.05, 3.63) is 119 Å². The molecule has 0 radical (unpaired) electrons. The Morgan fingerprint density at radius 3 is 2.81 bits per heavy atom. The fourth-order valence-corrected chi connectivity index (χ4v) is 4.56. The van der Waals surface area contributed by atoms with Crippen LogP contribution in [0, 0.1) is 6.92 Å². The maximum Gasteiger partial charge on any atom is 0.255 e. The van der Waals surface area contributed by atoms with E-state index in [0.717, 1.165) is 51.3 Å². The van der Waals surface area contributed by atoms with Crippen molar-refractivity contribution >= 4 is 39.0 Å². The lowest BCUT2D eigenvalue weighted by Crippen LogP contribution is -2.18. The van der Waals surface area contributed by atoms with Gasteiger partial charge in [-0.3, -0.25) is 19.1 Å². The molecule has 0 bridgehead atoms. The summed E-state index contributed by atoms with van der Waals surface area (Å²) in [5.74, 6) is -0.301. The van der Waals surface area contributed by atoms with E-state index >= 15 is 0 Å². The van der Waals surface area contributed by atoms with E-state index in [9.17, 15) is 9.59 Å². The molecule has 4 aromatic rings. The predicted molar refractivity (Wildman–Crippen MR) is 149 cm³/mol. The molecule has 2 aromatic carbocycles. The summed E-state index contributed by atoms with van der Waals surface area (Å²) >= 11 is 0. The quantitative estimate of drug-likeness (QED) is 0.267. The fraction of sp³-hybridized carbons (Fsp3) is 0.129. The lowest BCUT2D eigenvalue weighted by molar-refractivity contribution is -0.111. The van der Waals surface area contributed by atoms with Crippen LogP contribution in [0.25, 0.3) is 33.1 Å². The van der Waals surface area contributed by atoms with E-state index in [0.29, 0.717) is 11.4 Å². The summed E-state index contributed by atoms with van der Waals surface area (Å²) in [6.45, 7) is 7.60. The zero-order valence-corrected chi connectivity index (χ0v) is 20.4. The van der Waals surface area contributed by atoms with Gasteiger partial charge in [-0.15, -0.1) is 0 Å².